The molecule has 0 spiro atoms. The summed E-state index contributed by atoms with van der Waals surface area (Å²) in [6, 6.07) is 7.51. The first-order valence-corrected chi connectivity index (χ1v) is 11.5. The van der Waals surface area contributed by atoms with Crippen molar-refractivity contribution < 1.29 is 18.0 Å². The van der Waals surface area contributed by atoms with Gasteiger partial charge in [0.25, 0.3) is 0 Å². The van der Waals surface area contributed by atoms with Crippen LogP contribution in [0.2, 0.25) is 0 Å². The Morgan fingerprint density at radius 3 is 2.42 bits per heavy atom. The predicted octanol–water partition coefficient (Wildman–Crippen LogP) is 1.71. The summed E-state index contributed by atoms with van der Waals surface area (Å²) in [5, 5.41) is 2.75. The lowest BCUT2D eigenvalue weighted by Gasteiger charge is -2.20. The van der Waals surface area contributed by atoms with Gasteiger partial charge in [-0.1, -0.05) is 13.8 Å². The number of nitrogens with one attached hydrogen (secondary N) is 2. The number of sulfonamides is 1. The number of amides is 2. The van der Waals surface area contributed by atoms with Crippen molar-refractivity contribution in [1.82, 2.24) is 9.29 Å². The van der Waals surface area contributed by atoms with Gasteiger partial charge in [0.15, 0.2) is 0 Å². The van der Waals surface area contributed by atoms with Crippen LogP contribution in [-0.4, -0.2) is 49.2 Å². The van der Waals surface area contributed by atoms with Crippen molar-refractivity contribution in [3.8, 4) is 0 Å². The molecule has 0 bridgehead atoms. The minimum Gasteiger partial charge on any atom is -0.327 e. The fourth-order valence-corrected chi connectivity index (χ4v) is 5.04. The van der Waals surface area contributed by atoms with Gasteiger partial charge in [-0.3, -0.25) is 14.4 Å². The number of H-pyrrole nitrogens is 1. The zero-order valence-electron chi connectivity index (χ0n) is 17.7. The van der Waals surface area contributed by atoms with Gasteiger partial charge in [-0.15, -0.1) is 0 Å². The van der Waals surface area contributed by atoms with Gasteiger partial charge in [0, 0.05) is 44.0 Å². The molecule has 9 nitrogen and oxygen atoms in total. The maximum atomic E-state index is 12.6. The monoisotopic (exact) mass is 446 g/mol. The number of hydrogen-bond acceptors (Lipinski definition) is 5. The van der Waals surface area contributed by atoms with Gasteiger partial charge in [0.05, 0.1) is 16.5 Å². The Bertz CT molecular complexity index is 1140. The molecule has 2 N–H and O–H groups in total. The van der Waals surface area contributed by atoms with Crippen LogP contribution >= 0.6 is 0 Å². The van der Waals surface area contributed by atoms with Gasteiger partial charge < -0.3 is 15.2 Å². The van der Waals surface area contributed by atoms with E-state index >= 15 is 0 Å². The molecule has 0 unspecified atom stereocenters. The lowest BCUT2D eigenvalue weighted by molar-refractivity contribution is -0.122. The molecule has 1 fully saturated rings. The van der Waals surface area contributed by atoms with Crippen molar-refractivity contribution >= 4 is 33.2 Å². The van der Waals surface area contributed by atoms with Crippen LogP contribution in [-0.2, 0) is 19.6 Å². The van der Waals surface area contributed by atoms with Crippen molar-refractivity contribution in [2.24, 2.45) is 5.92 Å². The molecular formula is C21H26N4O5S. The van der Waals surface area contributed by atoms with Crippen LogP contribution in [0.15, 0.2) is 46.2 Å². The van der Waals surface area contributed by atoms with E-state index in [1.54, 1.807) is 32.9 Å². The second-order valence-corrected chi connectivity index (χ2v) is 9.31. The molecular weight excluding hydrogens is 420 g/mol. The highest BCUT2D eigenvalue weighted by molar-refractivity contribution is 7.89. The Hall–Kier alpha value is -2.98. The van der Waals surface area contributed by atoms with E-state index in [2.05, 4.69) is 10.3 Å². The van der Waals surface area contributed by atoms with E-state index in [-0.39, 0.29) is 35.2 Å². The molecule has 166 valence electrons. The fourth-order valence-electron chi connectivity index (χ4n) is 3.59. The van der Waals surface area contributed by atoms with Crippen molar-refractivity contribution in [1.29, 1.82) is 0 Å². The smallest absolute Gasteiger partial charge is 0.248 e. The topological polar surface area (TPSA) is 120 Å². The molecule has 0 aliphatic carbocycles. The zero-order valence-corrected chi connectivity index (χ0v) is 18.5. The summed E-state index contributed by atoms with van der Waals surface area (Å²) in [6.45, 7) is 6.20. The molecule has 1 aliphatic heterocycles. The lowest BCUT2D eigenvalue weighted by Crippen LogP contribution is -2.31. The number of benzene rings is 1. The molecule has 1 aromatic heterocycles. The van der Waals surface area contributed by atoms with Gasteiger partial charge in [-0.05, 0) is 36.8 Å². The number of rotatable bonds is 7. The Morgan fingerprint density at radius 1 is 1.19 bits per heavy atom. The average molecular weight is 447 g/mol. The molecule has 31 heavy (non-hydrogen) atoms. The summed E-state index contributed by atoms with van der Waals surface area (Å²) in [7, 11) is -3.58. The number of carbonyl (C=O) groups excluding carboxylic acids is 2. The van der Waals surface area contributed by atoms with Gasteiger partial charge in [-0.2, -0.15) is 4.31 Å². The summed E-state index contributed by atoms with van der Waals surface area (Å²) >= 11 is 0. The highest BCUT2D eigenvalue weighted by Gasteiger charge is 2.35. The van der Waals surface area contributed by atoms with E-state index in [1.165, 1.54) is 33.6 Å². The van der Waals surface area contributed by atoms with Crippen LogP contribution < -0.4 is 15.8 Å². The minimum atomic E-state index is -3.58. The quantitative estimate of drug-likeness (QED) is 0.671. The van der Waals surface area contributed by atoms with E-state index in [0.29, 0.717) is 30.0 Å². The van der Waals surface area contributed by atoms with Crippen LogP contribution in [0.25, 0.3) is 0 Å². The first-order valence-electron chi connectivity index (χ1n) is 10.1. The number of aromatic nitrogens is 1. The first kappa shape index (κ1) is 22.7. The van der Waals surface area contributed by atoms with Crippen LogP contribution in [0.3, 0.4) is 0 Å². The third-order valence-electron chi connectivity index (χ3n) is 5.38. The summed E-state index contributed by atoms with van der Waals surface area (Å²) in [4.78, 5) is 40.6. The molecule has 1 saturated heterocycles. The van der Waals surface area contributed by atoms with Gasteiger partial charge in [0.2, 0.25) is 27.4 Å². The van der Waals surface area contributed by atoms with E-state index in [4.69, 9.17) is 0 Å². The van der Waals surface area contributed by atoms with E-state index in [1.807, 2.05) is 0 Å². The Balaban J connectivity index is 1.72. The van der Waals surface area contributed by atoms with Gasteiger partial charge in [-0.25, -0.2) is 8.42 Å². The lowest BCUT2D eigenvalue weighted by atomic mass is 10.1. The first-order chi connectivity index (χ1) is 14.7. The second kappa shape index (κ2) is 9.03. The number of aryl methyl sites for hydroxylation is 1. The highest BCUT2D eigenvalue weighted by Crippen LogP contribution is 2.28. The summed E-state index contributed by atoms with van der Waals surface area (Å²) in [5.41, 5.74) is 1.40. The molecule has 2 aromatic rings. The molecule has 2 amide bonds. The number of carbonyl (C=O) groups is 2. The normalized spacial score (nSPS) is 16.7. The van der Waals surface area contributed by atoms with Crippen molar-refractivity contribution in [2.45, 2.75) is 32.1 Å². The largest absolute Gasteiger partial charge is 0.327 e. The third-order valence-corrected chi connectivity index (χ3v) is 7.44. The summed E-state index contributed by atoms with van der Waals surface area (Å²) in [5.74, 6) is -1.08. The summed E-state index contributed by atoms with van der Waals surface area (Å²) in [6.07, 6.45) is 1.48. The maximum absolute atomic E-state index is 12.6. The highest BCUT2D eigenvalue weighted by atomic mass is 32.2. The van der Waals surface area contributed by atoms with Crippen LogP contribution in [0, 0.1) is 12.8 Å². The standard InChI is InChI=1S/C21H26N4O5S/c1-4-24(5-2)31(29,30)17-8-6-16(7-9-17)25-13-15(11-20(25)27)21(28)23-18-12-22-19(26)10-14(18)3/h6-10,12,15H,4-5,11,13H2,1-3H3,(H,22,26)(H,23,28)/t15-/m1/s1. The van der Waals surface area contributed by atoms with Crippen molar-refractivity contribution in [2.75, 3.05) is 29.9 Å². The van der Waals surface area contributed by atoms with Gasteiger partial charge in [0.1, 0.15) is 0 Å². The Morgan fingerprint density at radius 2 is 1.84 bits per heavy atom. The minimum absolute atomic E-state index is 0.0493. The van der Waals surface area contributed by atoms with E-state index in [0.717, 1.165) is 0 Å². The molecule has 1 aliphatic rings. The number of hydrogen-bond donors (Lipinski definition) is 2. The molecule has 2 heterocycles. The number of pyridine rings is 1. The molecule has 10 heteroatoms. The fraction of sp³-hybridized carbons (Fsp3) is 0.381. The molecule has 0 saturated carbocycles. The molecule has 0 radical (unpaired) electrons. The van der Waals surface area contributed by atoms with Gasteiger partial charge >= 0.3 is 0 Å². The van der Waals surface area contributed by atoms with Crippen LogP contribution in [0.4, 0.5) is 11.4 Å². The number of anilines is 2. The van der Waals surface area contributed by atoms with E-state index in [9.17, 15) is 22.8 Å². The van der Waals surface area contributed by atoms with Crippen LogP contribution in [0.5, 0.6) is 0 Å². The predicted molar refractivity (Wildman–Crippen MR) is 117 cm³/mol. The Kier molecular flexibility index (Phi) is 6.61. The van der Waals surface area contributed by atoms with Crippen molar-refractivity contribution in [3.05, 3.63) is 52.4 Å². The molecule has 1 aromatic carbocycles. The number of nitrogens with zero attached hydrogens (tertiary/aromatic N) is 2. The Labute approximate surface area is 181 Å². The molecule has 1 atom stereocenters. The van der Waals surface area contributed by atoms with Crippen molar-refractivity contribution in [3.63, 3.8) is 0 Å². The number of aromatic amines is 1. The third kappa shape index (κ3) is 4.70. The maximum Gasteiger partial charge on any atom is 0.248 e. The average Bonchev–Trinajstić information content (AvgIpc) is 3.12. The second-order valence-electron chi connectivity index (χ2n) is 7.37. The SMILES string of the molecule is CCN(CC)S(=O)(=O)c1ccc(N2C[C@H](C(=O)Nc3c[nH]c(=O)cc3C)CC2=O)cc1. The zero-order chi connectivity index (χ0) is 22.8. The molecule has 3 rings (SSSR count). The van der Waals surface area contributed by atoms with Crippen LogP contribution in [0.1, 0.15) is 25.8 Å². The van der Waals surface area contributed by atoms with E-state index < -0.39 is 15.9 Å². The summed E-state index contributed by atoms with van der Waals surface area (Å²) < 4.78 is 26.6.